The molecule has 1 aromatic heterocycles. The van der Waals surface area contributed by atoms with Crippen molar-refractivity contribution in [2.24, 2.45) is 0 Å². The van der Waals surface area contributed by atoms with Gasteiger partial charge in [-0.2, -0.15) is 8.42 Å². The van der Waals surface area contributed by atoms with Gasteiger partial charge in [0, 0.05) is 5.56 Å². The van der Waals surface area contributed by atoms with E-state index in [1.165, 1.54) is 108 Å². The molecule has 0 bridgehead atoms. The molecule has 0 fully saturated rings. The first kappa shape index (κ1) is 30.4. The summed E-state index contributed by atoms with van der Waals surface area (Å²) in [5.74, 6) is 0. The van der Waals surface area contributed by atoms with Gasteiger partial charge in [0.2, 0.25) is 0 Å². The normalized spacial score (nSPS) is 11.9. The third-order valence-electron chi connectivity index (χ3n) is 7.58. The molecule has 6 heteroatoms. The van der Waals surface area contributed by atoms with Crippen LogP contribution in [0, 0.1) is 0 Å². The molecule has 2 aromatic carbocycles. The molecule has 0 aliphatic rings. The van der Waals surface area contributed by atoms with Crippen LogP contribution in [0.25, 0.3) is 22.2 Å². The highest BCUT2D eigenvalue weighted by Gasteiger charge is 2.19. The summed E-state index contributed by atoms with van der Waals surface area (Å²) in [4.78, 5) is 6.95. The lowest BCUT2D eigenvalue weighted by Crippen LogP contribution is -1.99. The second kappa shape index (κ2) is 16.7. The smallest absolute Gasteiger partial charge is 0.326 e. The maximum atomic E-state index is 11.6. The third kappa shape index (κ3) is 10.2. The number of unbranched alkanes of at least 4 members (excludes halogenated alkanes) is 16. The highest BCUT2D eigenvalue weighted by atomic mass is 32.2. The number of aromatic nitrogens is 2. The number of benzene rings is 2. The fraction of sp³-hybridized carbons (Fsp3) is 0.594. The number of nitrogens with one attached hydrogen (secondary N) is 1. The Labute approximate surface area is 230 Å². The minimum Gasteiger partial charge on any atom is -0.326 e. The van der Waals surface area contributed by atoms with Gasteiger partial charge in [-0.15, -0.1) is 0 Å². The van der Waals surface area contributed by atoms with E-state index in [-0.39, 0.29) is 0 Å². The molecular formula is C32H48N2O3S. The Bertz CT molecular complexity index is 1170. The highest BCUT2D eigenvalue weighted by molar-refractivity contribution is 7.85. The summed E-state index contributed by atoms with van der Waals surface area (Å²) in [6.07, 6.45) is 24.0. The van der Waals surface area contributed by atoms with Gasteiger partial charge in [0.25, 0.3) is 5.16 Å². The van der Waals surface area contributed by atoms with Crippen molar-refractivity contribution in [2.45, 2.75) is 128 Å². The fourth-order valence-electron chi connectivity index (χ4n) is 5.40. The summed E-state index contributed by atoms with van der Waals surface area (Å²) in [5, 5.41) is -0.403. The van der Waals surface area contributed by atoms with Crippen LogP contribution >= 0.6 is 0 Å². The molecule has 38 heavy (non-hydrogen) atoms. The number of aromatic amines is 1. The van der Waals surface area contributed by atoms with Crippen LogP contribution in [0.1, 0.15) is 122 Å². The van der Waals surface area contributed by atoms with Crippen LogP contribution in [0.4, 0.5) is 0 Å². The lowest BCUT2D eigenvalue weighted by atomic mass is 9.94. The zero-order valence-electron chi connectivity index (χ0n) is 23.4. The van der Waals surface area contributed by atoms with Crippen molar-refractivity contribution in [3.05, 3.63) is 48.0 Å². The lowest BCUT2D eigenvalue weighted by Gasteiger charge is -2.11. The van der Waals surface area contributed by atoms with Gasteiger partial charge in [0.05, 0.1) is 11.0 Å². The van der Waals surface area contributed by atoms with E-state index in [2.05, 4.69) is 16.9 Å². The van der Waals surface area contributed by atoms with Crippen LogP contribution in [0.5, 0.6) is 0 Å². The molecule has 1 heterocycles. The Hall–Kier alpha value is -2.18. The highest BCUT2D eigenvalue weighted by Crippen LogP contribution is 2.33. The molecule has 0 saturated heterocycles. The van der Waals surface area contributed by atoms with E-state index in [1.807, 2.05) is 42.5 Å². The summed E-state index contributed by atoms with van der Waals surface area (Å²) < 4.78 is 32.8. The minimum absolute atomic E-state index is 0.403. The number of hydrogen-bond donors (Lipinski definition) is 2. The van der Waals surface area contributed by atoms with Gasteiger partial charge < -0.3 is 4.98 Å². The van der Waals surface area contributed by atoms with Gasteiger partial charge in [0.1, 0.15) is 0 Å². The molecule has 3 rings (SSSR count). The van der Waals surface area contributed by atoms with E-state index in [0.29, 0.717) is 11.0 Å². The van der Waals surface area contributed by atoms with E-state index in [9.17, 15) is 13.0 Å². The molecule has 2 N–H and O–H groups in total. The van der Waals surface area contributed by atoms with Crippen LogP contribution in [0.2, 0.25) is 0 Å². The van der Waals surface area contributed by atoms with Crippen molar-refractivity contribution >= 4 is 21.2 Å². The van der Waals surface area contributed by atoms with E-state index >= 15 is 0 Å². The zero-order valence-corrected chi connectivity index (χ0v) is 24.2. The summed E-state index contributed by atoms with van der Waals surface area (Å²) >= 11 is 0. The van der Waals surface area contributed by atoms with Crippen LogP contribution in [0.15, 0.2) is 47.6 Å². The van der Waals surface area contributed by atoms with E-state index in [0.717, 1.165) is 24.0 Å². The average molecular weight is 541 g/mol. The maximum Gasteiger partial charge on any atom is 0.328 e. The lowest BCUT2D eigenvalue weighted by molar-refractivity contribution is 0.476. The van der Waals surface area contributed by atoms with Crippen molar-refractivity contribution in [3.8, 4) is 11.1 Å². The number of hydrogen-bond acceptors (Lipinski definition) is 3. The first-order chi connectivity index (χ1) is 18.5. The standard InChI is InChI=1S/C32H48N2O3S/c1-2-3-4-5-6-7-8-9-10-11-12-13-14-15-16-17-19-24-28-25-26-29-31(34-32(33-29)38(35,36)37)30(28)27-22-20-18-21-23-27/h18,20-23,25-26H,2-17,19,24H2,1H3,(H,33,34)(H,35,36,37). The van der Waals surface area contributed by atoms with Crippen molar-refractivity contribution < 1.29 is 13.0 Å². The zero-order chi connectivity index (χ0) is 27.1. The minimum atomic E-state index is -4.39. The molecule has 5 nitrogen and oxygen atoms in total. The van der Waals surface area contributed by atoms with Crippen LogP contribution < -0.4 is 0 Å². The molecule has 0 aliphatic carbocycles. The number of imidazole rings is 1. The fourth-order valence-corrected chi connectivity index (χ4v) is 5.85. The van der Waals surface area contributed by atoms with Gasteiger partial charge in [0.15, 0.2) is 0 Å². The monoisotopic (exact) mass is 540 g/mol. The first-order valence-corrected chi connectivity index (χ1v) is 16.5. The quantitative estimate of drug-likeness (QED) is 0.110. The Morgan fingerprint density at radius 2 is 1.18 bits per heavy atom. The second-order valence-electron chi connectivity index (χ2n) is 10.8. The number of rotatable bonds is 20. The number of nitrogens with zero attached hydrogens (tertiary/aromatic N) is 1. The molecule has 0 atom stereocenters. The second-order valence-corrected chi connectivity index (χ2v) is 12.1. The number of fused-ring (bicyclic) bond motifs is 1. The molecule has 0 unspecified atom stereocenters. The molecule has 0 spiro atoms. The topological polar surface area (TPSA) is 83.1 Å². The van der Waals surface area contributed by atoms with Crippen molar-refractivity contribution in [1.29, 1.82) is 0 Å². The van der Waals surface area contributed by atoms with Gasteiger partial charge in [-0.1, -0.05) is 146 Å². The third-order valence-corrected chi connectivity index (χ3v) is 8.26. The summed E-state index contributed by atoms with van der Waals surface area (Å²) in [6.45, 7) is 2.28. The SMILES string of the molecule is CCCCCCCCCCCCCCCCCCCc1ccc2nc(S(=O)(=O)O)[nH]c2c1-c1ccccc1. The Morgan fingerprint density at radius 1 is 0.684 bits per heavy atom. The average Bonchev–Trinajstić information content (AvgIpc) is 3.36. The molecule has 0 radical (unpaired) electrons. The van der Waals surface area contributed by atoms with E-state index < -0.39 is 15.3 Å². The van der Waals surface area contributed by atoms with Crippen molar-refractivity contribution in [2.75, 3.05) is 0 Å². The van der Waals surface area contributed by atoms with Gasteiger partial charge in [-0.25, -0.2) is 4.98 Å². The van der Waals surface area contributed by atoms with Crippen LogP contribution in [-0.4, -0.2) is 22.9 Å². The largest absolute Gasteiger partial charge is 0.328 e. The molecular weight excluding hydrogens is 492 g/mol. The Morgan fingerprint density at radius 3 is 1.68 bits per heavy atom. The molecule has 0 aliphatic heterocycles. The summed E-state index contributed by atoms with van der Waals surface area (Å²) in [6, 6.07) is 13.9. The summed E-state index contributed by atoms with van der Waals surface area (Å²) in [5.41, 5.74) is 4.37. The van der Waals surface area contributed by atoms with Crippen LogP contribution in [-0.2, 0) is 16.5 Å². The van der Waals surface area contributed by atoms with Crippen molar-refractivity contribution in [1.82, 2.24) is 9.97 Å². The van der Waals surface area contributed by atoms with E-state index in [1.54, 1.807) is 0 Å². The molecule has 0 amide bonds. The van der Waals surface area contributed by atoms with Crippen molar-refractivity contribution in [3.63, 3.8) is 0 Å². The first-order valence-electron chi connectivity index (χ1n) is 15.0. The molecule has 0 saturated carbocycles. The number of H-pyrrole nitrogens is 1. The Balaban J connectivity index is 1.34. The molecule has 3 aromatic rings. The number of aryl methyl sites for hydroxylation is 1. The van der Waals surface area contributed by atoms with Crippen LogP contribution in [0.3, 0.4) is 0 Å². The Kier molecular flexibility index (Phi) is 13.4. The van der Waals surface area contributed by atoms with Gasteiger partial charge in [-0.05, 0) is 30.0 Å². The predicted molar refractivity (Wildman–Crippen MR) is 159 cm³/mol. The predicted octanol–water partition coefficient (Wildman–Crippen LogP) is 9.67. The van der Waals surface area contributed by atoms with Gasteiger partial charge in [-0.3, -0.25) is 4.55 Å². The summed E-state index contributed by atoms with van der Waals surface area (Å²) in [7, 11) is -4.39. The maximum absolute atomic E-state index is 11.6. The molecule has 210 valence electrons. The van der Waals surface area contributed by atoms with E-state index in [4.69, 9.17) is 0 Å². The van der Waals surface area contributed by atoms with Gasteiger partial charge >= 0.3 is 10.1 Å².